The predicted molar refractivity (Wildman–Crippen MR) is 69.0 cm³/mol. The van der Waals surface area contributed by atoms with Gasteiger partial charge in [-0.2, -0.15) is 5.10 Å². The van der Waals surface area contributed by atoms with E-state index in [1.165, 1.54) is 19.2 Å². The van der Waals surface area contributed by atoms with Crippen molar-refractivity contribution in [2.75, 3.05) is 7.11 Å². The van der Waals surface area contributed by atoms with Crippen molar-refractivity contribution in [2.45, 2.75) is 19.9 Å². The number of carbonyl (C=O) groups excluding carboxylic acids is 1. The number of aryl methyl sites for hydroxylation is 1. The van der Waals surface area contributed by atoms with Gasteiger partial charge in [0, 0.05) is 11.3 Å². The average Bonchev–Trinajstić information content (AvgIpc) is 2.82. The van der Waals surface area contributed by atoms with Crippen molar-refractivity contribution in [2.24, 2.45) is 0 Å². The van der Waals surface area contributed by atoms with E-state index >= 15 is 0 Å². The fraction of sp³-hybridized carbons (Fsp3) is 0.286. The molecule has 5 heteroatoms. The summed E-state index contributed by atoms with van der Waals surface area (Å²) in [5, 5.41) is 4.36. The maximum absolute atomic E-state index is 12.9. The Morgan fingerprint density at radius 3 is 2.63 bits per heavy atom. The van der Waals surface area contributed by atoms with Crippen molar-refractivity contribution >= 4 is 5.97 Å². The molecule has 0 saturated carbocycles. The highest BCUT2D eigenvalue weighted by Crippen LogP contribution is 2.20. The number of halogens is 1. The Balaban J connectivity index is 2.32. The summed E-state index contributed by atoms with van der Waals surface area (Å²) >= 11 is 0. The van der Waals surface area contributed by atoms with Gasteiger partial charge >= 0.3 is 5.97 Å². The number of esters is 1. The molecule has 0 aliphatic rings. The maximum Gasteiger partial charge on any atom is 0.327 e. The SMILES string of the molecule is CCc1cc(-c2ccc(F)cc2)nn1CC(=O)OC. The third-order valence-corrected chi connectivity index (χ3v) is 2.87. The molecule has 100 valence electrons. The van der Waals surface area contributed by atoms with Gasteiger partial charge in [0.1, 0.15) is 12.4 Å². The molecule has 0 radical (unpaired) electrons. The molecule has 0 amide bonds. The largest absolute Gasteiger partial charge is 0.468 e. The van der Waals surface area contributed by atoms with Gasteiger partial charge in [-0.1, -0.05) is 6.92 Å². The molecular formula is C14H15FN2O2. The summed E-state index contributed by atoms with van der Waals surface area (Å²) in [6.45, 7) is 2.07. The van der Waals surface area contributed by atoms with E-state index in [-0.39, 0.29) is 18.3 Å². The van der Waals surface area contributed by atoms with Crippen LogP contribution in [0.3, 0.4) is 0 Å². The van der Waals surface area contributed by atoms with Crippen LogP contribution in [0, 0.1) is 5.82 Å². The van der Waals surface area contributed by atoms with Gasteiger partial charge in [-0.25, -0.2) is 4.39 Å². The molecular weight excluding hydrogens is 247 g/mol. The van der Waals surface area contributed by atoms with Crippen molar-refractivity contribution in [1.82, 2.24) is 9.78 Å². The first-order chi connectivity index (χ1) is 9.13. The molecule has 1 heterocycles. The first-order valence-corrected chi connectivity index (χ1v) is 6.03. The van der Waals surface area contributed by atoms with Gasteiger partial charge < -0.3 is 4.74 Å². The molecule has 2 aromatic rings. The van der Waals surface area contributed by atoms with Crippen molar-refractivity contribution in [3.05, 3.63) is 41.8 Å². The van der Waals surface area contributed by atoms with Crippen LogP contribution in [0.1, 0.15) is 12.6 Å². The maximum atomic E-state index is 12.9. The van der Waals surface area contributed by atoms with E-state index in [2.05, 4.69) is 9.84 Å². The van der Waals surface area contributed by atoms with Crippen molar-refractivity contribution in [1.29, 1.82) is 0 Å². The van der Waals surface area contributed by atoms with Gasteiger partial charge in [0.2, 0.25) is 0 Å². The quantitative estimate of drug-likeness (QED) is 0.795. The normalized spacial score (nSPS) is 10.5. The molecule has 0 aliphatic heterocycles. The van der Waals surface area contributed by atoms with Crippen LogP contribution in [-0.4, -0.2) is 22.9 Å². The molecule has 0 N–H and O–H groups in total. The number of hydrogen-bond donors (Lipinski definition) is 0. The highest BCUT2D eigenvalue weighted by molar-refractivity contribution is 5.69. The van der Waals surface area contributed by atoms with E-state index < -0.39 is 0 Å². The molecule has 1 aromatic carbocycles. The highest BCUT2D eigenvalue weighted by Gasteiger charge is 2.11. The van der Waals surface area contributed by atoms with Crippen LogP contribution in [0.15, 0.2) is 30.3 Å². The van der Waals surface area contributed by atoms with Gasteiger partial charge in [0.25, 0.3) is 0 Å². The molecule has 0 unspecified atom stereocenters. The van der Waals surface area contributed by atoms with Gasteiger partial charge in [0.15, 0.2) is 0 Å². The van der Waals surface area contributed by atoms with E-state index in [0.29, 0.717) is 0 Å². The summed E-state index contributed by atoms with van der Waals surface area (Å²) in [4.78, 5) is 11.3. The van der Waals surface area contributed by atoms with Crippen molar-refractivity contribution < 1.29 is 13.9 Å². The summed E-state index contributed by atoms with van der Waals surface area (Å²) in [5.74, 6) is -0.628. The molecule has 1 aromatic heterocycles. The predicted octanol–water partition coefficient (Wildman–Crippen LogP) is 2.42. The van der Waals surface area contributed by atoms with Crippen LogP contribution in [0.25, 0.3) is 11.3 Å². The average molecular weight is 262 g/mol. The lowest BCUT2D eigenvalue weighted by atomic mass is 10.1. The van der Waals surface area contributed by atoms with E-state index in [1.54, 1.807) is 16.8 Å². The molecule has 0 spiro atoms. The highest BCUT2D eigenvalue weighted by atomic mass is 19.1. The van der Waals surface area contributed by atoms with E-state index in [4.69, 9.17) is 0 Å². The summed E-state index contributed by atoms with van der Waals surface area (Å²) < 4.78 is 19.1. The first-order valence-electron chi connectivity index (χ1n) is 6.03. The molecule has 19 heavy (non-hydrogen) atoms. The minimum atomic E-state index is -0.344. The van der Waals surface area contributed by atoms with Crippen LogP contribution in [0.2, 0.25) is 0 Å². The number of benzene rings is 1. The summed E-state index contributed by atoms with van der Waals surface area (Å²) in [5.41, 5.74) is 2.48. The summed E-state index contributed by atoms with van der Waals surface area (Å²) in [6, 6.07) is 8.01. The molecule has 0 bridgehead atoms. The third-order valence-electron chi connectivity index (χ3n) is 2.87. The number of nitrogens with zero attached hydrogens (tertiary/aromatic N) is 2. The van der Waals surface area contributed by atoms with Gasteiger partial charge in [-0.3, -0.25) is 9.48 Å². The topological polar surface area (TPSA) is 44.1 Å². The molecule has 2 rings (SSSR count). The van der Waals surface area contributed by atoms with Gasteiger partial charge in [-0.15, -0.1) is 0 Å². The lowest BCUT2D eigenvalue weighted by Gasteiger charge is -2.03. The van der Waals surface area contributed by atoms with Crippen LogP contribution in [0.4, 0.5) is 4.39 Å². The van der Waals surface area contributed by atoms with E-state index in [1.807, 2.05) is 13.0 Å². The fourth-order valence-corrected chi connectivity index (χ4v) is 1.83. The number of methoxy groups -OCH3 is 1. The van der Waals surface area contributed by atoms with Crippen molar-refractivity contribution in [3.63, 3.8) is 0 Å². The number of aromatic nitrogens is 2. The van der Waals surface area contributed by atoms with Crippen LogP contribution >= 0.6 is 0 Å². The minimum absolute atomic E-state index is 0.0842. The second-order valence-electron chi connectivity index (χ2n) is 4.12. The van der Waals surface area contributed by atoms with E-state index in [9.17, 15) is 9.18 Å². The molecule has 0 fully saturated rings. The Hall–Kier alpha value is -2.17. The Kier molecular flexibility index (Phi) is 3.94. The van der Waals surface area contributed by atoms with Crippen LogP contribution in [0.5, 0.6) is 0 Å². The first kappa shape index (κ1) is 13.3. The smallest absolute Gasteiger partial charge is 0.327 e. The zero-order chi connectivity index (χ0) is 13.8. The monoisotopic (exact) mass is 262 g/mol. The number of hydrogen-bond acceptors (Lipinski definition) is 3. The lowest BCUT2D eigenvalue weighted by molar-refractivity contribution is -0.141. The number of ether oxygens (including phenoxy) is 1. The second kappa shape index (κ2) is 5.65. The minimum Gasteiger partial charge on any atom is -0.468 e. The zero-order valence-corrected chi connectivity index (χ0v) is 10.9. The summed E-state index contributed by atoms with van der Waals surface area (Å²) in [6.07, 6.45) is 0.755. The number of rotatable bonds is 4. The molecule has 0 saturated heterocycles. The van der Waals surface area contributed by atoms with Gasteiger partial charge in [0.05, 0.1) is 12.8 Å². The lowest BCUT2D eigenvalue weighted by Crippen LogP contribution is -2.14. The standard InChI is InChI=1S/C14H15FN2O2/c1-3-12-8-13(10-4-6-11(15)7-5-10)16-17(12)9-14(18)19-2/h4-8H,3,9H2,1-2H3. The van der Waals surface area contributed by atoms with Crippen LogP contribution in [-0.2, 0) is 22.5 Å². The molecule has 4 nitrogen and oxygen atoms in total. The second-order valence-corrected chi connectivity index (χ2v) is 4.12. The Bertz CT molecular complexity index is 576. The van der Waals surface area contributed by atoms with Crippen molar-refractivity contribution in [3.8, 4) is 11.3 Å². The van der Waals surface area contributed by atoms with Crippen LogP contribution < -0.4 is 0 Å². The zero-order valence-electron chi connectivity index (χ0n) is 10.9. The third kappa shape index (κ3) is 2.99. The Morgan fingerprint density at radius 1 is 1.37 bits per heavy atom. The summed E-state index contributed by atoms with van der Waals surface area (Å²) in [7, 11) is 1.35. The van der Waals surface area contributed by atoms with E-state index in [0.717, 1.165) is 23.4 Å². The number of carbonyl (C=O) groups is 1. The molecule has 0 atom stereocenters. The fourth-order valence-electron chi connectivity index (χ4n) is 1.83. The van der Waals surface area contributed by atoms with Gasteiger partial charge in [-0.05, 0) is 36.8 Å². The Morgan fingerprint density at radius 2 is 2.05 bits per heavy atom. The molecule has 0 aliphatic carbocycles. The Labute approximate surface area is 110 Å².